The van der Waals surface area contributed by atoms with Crippen molar-refractivity contribution in [2.75, 3.05) is 5.88 Å². The molecule has 0 unspecified atom stereocenters. The first-order chi connectivity index (χ1) is 7.63. The zero-order valence-corrected chi connectivity index (χ0v) is 10.4. The molecule has 0 saturated carbocycles. The van der Waals surface area contributed by atoms with Crippen molar-refractivity contribution in [3.05, 3.63) is 35.9 Å². The molecule has 0 bridgehead atoms. The van der Waals surface area contributed by atoms with Gasteiger partial charge in [-0.2, -0.15) is 0 Å². The van der Waals surface area contributed by atoms with Gasteiger partial charge in [0.2, 0.25) is 0 Å². The summed E-state index contributed by atoms with van der Waals surface area (Å²) in [4.78, 5) is 10.9. The number of rotatable bonds is 5. The van der Waals surface area contributed by atoms with Gasteiger partial charge in [-0.1, -0.05) is 37.3 Å². The van der Waals surface area contributed by atoms with Crippen LogP contribution < -0.4 is 0 Å². The van der Waals surface area contributed by atoms with Gasteiger partial charge in [0.1, 0.15) is 6.10 Å². The third-order valence-electron chi connectivity index (χ3n) is 2.50. The fraction of sp³-hybridized carbons (Fsp3) is 0.462. The lowest BCUT2D eigenvalue weighted by Gasteiger charge is -2.21. The molecule has 0 amide bonds. The molecule has 0 N–H and O–H groups in total. The number of benzene rings is 1. The maximum atomic E-state index is 10.9. The molecular formula is C13H17ClO2. The van der Waals surface area contributed by atoms with E-state index < -0.39 is 0 Å². The summed E-state index contributed by atoms with van der Waals surface area (Å²) in [5, 5.41) is 0. The summed E-state index contributed by atoms with van der Waals surface area (Å²) >= 11 is 5.80. The Hall–Kier alpha value is -1.02. The van der Waals surface area contributed by atoms with E-state index in [0.717, 1.165) is 6.42 Å². The van der Waals surface area contributed by atoms with E-state index in [1.807, 2.05) is 25.1 Å². The summed E-state index contributed by atoms with van der Waals surface area (Å²) in [6.07, 6.45) is 0.658. The van der Waals surface area contributed by atoms with Crippen molar-refractivity contribution in [2.45, 2.75) is 26.4 Å². The number of carbonyl (C=O) groups is 1. The largest absolute Gasteiger partial charge is 0.461 e. The third-order valence-corrected chi connectivity index (χ3v) is 2.81. The predicted molar refractivity (Wildman–Crippen MR) is 65.6 cm³/mol. The molecule has 0 aliphatic rings. The molecule has 2 nitrogen and oxygen atoms in total. The Labute approximate surface area is 102 Å². The van der Waals surface area contributed by atoms with E-state index in [0.29, 0.717) is 5.88 Å². The zero-order chi connectivity index (χ0) is 12.0. The zero-order valence-electron chi connectivity index (χ0n) is 9.65. The Balaban J connectivity index is 2.55. The fourth-order valence-electron chi connectivity index (χ4n) is 1.63. The van der Waals surface area contributed by atoms with Gasteiger partial charge in [0.15, 0.2) is 0 Å². The Bertz CT molecular complexity index is 324. The van der Waals surface area contributed by atoms with Crippen LogP contribution >= 0.6 is 11.6 Å². The third kappa shape index (κ3) is 4.23. The van der Waals surface area contributed by atoms with Gasteiger partial charge in [0.25, 0.3) is 0 Å². The van der Waals surface area contributed by atoms with E-state index in [1.165, 1.54) is 12.5 Å². The lowest BCUT2D eigenvalue weighted by molar-refractivity contribution is -0.147. The van der Waals surface area contributed by atoms with Crippen LogP contribution in [0, 0.1) is 5.92 Å². The fourth-order valence-corrected chi connectivity index (χ4v) is 2.00. The molecule has 0 spiro atoms. The summed E-state index contributed by atoms with van der Waals surface area (Å²) in [5.41, 5.74) is 1.23. The molecule has 0 aliphatic heterocycles. The molecule has 1 aromatic rings. The van der Waals surface area contributed by atoms with Gasteiger partial charge >= 0.3 is 5.97 Å². The first-order valence-electron chi connectivity index (χ1n) is 5.40. The standard InChI is InChI=1S/C13H17ClO2/c1-10(13(9-14)16-11(2)15)8-12-6-4-3-5-7-12/h3-7,10,13H,8-9H2,1-2H3/t10-,13-/m0/s1. The lowest BCUT2D eigenvalue weighted by Crippen LogP contribution is -2.27. The molecule has 3 heteroatoms. The van der Waals surface area contributed by atoms with Crippen molar-refractivity contribution < 1.29 is 9.53 Å². The Kier molecular flexibility index (Phi) is 5.33. The number of carbonyl (C=O) groups excluding carboxylic acids is 1. The number of alkyl halides is 1. The number of halogens is 1. The van der Waals surface area contributed by atoms with Crippen LogP contribution in [0.3, 0.4) is 0 Å². The highest BCUT2D eigenvalue weighted by Crippen LogP contribution is 2.16. The van der Waals surface area contributed by atoms with Gasteiger partial charge in [-0.15, -0.1) is 11.6 Å². The second-order valence-electron chi connectivity index (χ2n) is 3.97. The van der Waals surface area contributed by atoms with Crippen LogP contribution in [-0.4, -0.2) is 18.0 Å². The van der Waals surface area contributed by atoms with Crippen LogP contribution in [0.5, 0.6) is 0 Å². The minimum absolute atomic E-state index is 0.209. The summed E-state index contributed by atoms with van der Waals surface area (Å²) in [6.45, 7) is 3.46. The Morgan fingerprint density at radius 2 is 2.00 bits per heavy atom. The molecule has 0 saturated heterocycles. The number of hydrogen-bond acceptors (Lipinski definition) is 2. The second-order valence-corrected chi connectivity index (χ2v) is 4.28. The number of esters is 1. The second kappa shape index (κ2) is 6.54. The van der Waals surface area contributed by atoms with Crippen LogP contribution in [0.2, 0.25) is 0 Å². The van der Waals surface area contributed by atoms with Gasteiger partial charge in [-0.05, 0) is 17.9 Å². The highest BCUT2D eigenvalue weighted by molar-refractivity contribution is 6.18. The van der Waals surface area contributed by atoms with Gasteiger partial charge in [0.05, 0.1) is 5.88 Å². The van der Waals surface area contributed by atoms with Gasteiger partial charge in [-0.25, -0.2) is 0 Å². The molecule has 1 aromatic carbocycles. The van der Waals surface area contributed by atoms with Gasteiger partial charge < -0.3 is 4.74 Å². The first kappa shape index (κ1) is 13.0. The smallest absolute Gasteiger partial charge is 0.302 e. The van der Waals surface area contributed by atoms with Crippen molar-refractivity contribution in [3.63, 3.8) is 0 Å². The van der Waals surface area contributed by atoms with E-state index in [9.17, 15) is 4.79 Å². The highest BCUT2D eigenvalue weighted by atomic mass is 35.5. The van der Waals surface area contributed by atoms with E-state index in [2.05, 4.69) is 12.1 Å². The number of hydrogen-bond donors (Lipinski definition) is 0. The van der Waals surface area contributed by atoms with Crippen molar-refractivity contribution in [2.24, 2.45) is 5.92 Å². The molecular weight excluding hydrogens is 224 g/mol. The summed E-state index contributed by atoms with van der Waals surface area (Å²) in [6, 6.07) is 10.1. The molecule has 0 aromatic heterocycles. The lowest BCUT2D eigenvalue weighted by atomic mass is 9.96. The van der Waals surface area contributed by atoms with Crippen molar-refractivity contribution in [3.8, 4) is 0 Å². The maximum Gasteiger partial charge on any atom is 0.302 e. The Morgan fingerprint density at radius 1 is 1.38 bits per heavy atom. The summed E-state index contributed by atoms with van der Waals surface area (Å²) < 4.78 is 5.16. The molecule has 0 aliphatic carbocycles. The van der Waals surface area contributed by atoms with Gasteiger partial charge in [-0.3, -0.25) is 4.79 Å². The molecule has 1 rings (SSSR count). The molecule has 88 valence electrons. The van der Waals surface area contributed by atoms with E-state index in [-0.39, 0.29) is 18.0 Å². The topological polar surface area (TPSA) is 26.3 Å². The average Bonchev–Trinajstić information content (AvgIpc) is 2.26. The highest BCUT2D eigenvalue weighted by Gasteiger charge is 2.19. The van der Waals surface area contributed by atoms with Crippen LogP contribution in [-0.2, 0) is 16.0 Å². The predicted octanol–water partition coefficient (Wildman–Crippen LogP) is 3.04. The van der Waals surface area contributed by atoms with E-state index >= 15 is 0 Å². The minimum atomic E-state index is -0.273. The van der Waals surface area contributed by atoms with Crippen LogP contribution in [0.4, 0.5) is 0 Å². The average molecular weight is 241 g/mol. The quantitative estimate of drug-likeness (QED) is 0.584. The first-order valence-corrected chi connectivity index (χ1v) is 5.94. The molecule has 2 atom stereocenters. The van der Waals surface area contributed by atoms with E-state index in [1.54, 1.807) is 0 Å². The normalized spacial score (nSPS) is 14.2. The summed E-state index contributed by atoms with van der Waals surface area (Å²) in [7, 11) is 0. The SMILES string of the molecule is CC(=O)O[C@@H](CCl)[C@@H](C)Cc1ccccc1. The molecule has 0 fully saturated rings. The van der Waals surface area contributed by atoms with Crippen LogP contribution in [0.1, 0.15) is 19.4 Å². The molecule has 0 radical (unpaired) electrons. The van der Waals surface area contributed by atoms with Crippen LogP contribution in [0.15, 0.2) is 30.3 Å². The summed E-state index contributed by atoms with van der Waals surface area (Å²) in [5.74, 6) is 0.294. The minimum Gasteiger partial charge on any atom is -0.461 e. The van der Waals surface area contributed by atoms with Gasteiger partial charge in [0, 0.05) is 6.92 Å². The maximum absolute atomic E-state index is 10.9. The van der Waals surface area contributed by atoms with E-state index in [4.69, 9.17) is 16.3 Å². The molecule has 16 heavy (non-hydrogen) atoms. The van der Waals surface area contributed by atoms with Crippen molar-refractivity contribution in [1.82, 2.24) is 0 Å². The Morgan fingerprint density at radius 3 is 2.50 bits per heavy atom. The molecule has 0 heterocycles. The monoisotopic (exact) mass is 240 g/mol. The van der Waals surface area contributed by atoms with Crippen molar-refractivity contribution in [1.29, 1.82) is 0 Å². The van der Waals surface area contributed by atoms with Crippen molar-refractivity contribution >= 4 is 17.6 Å². The number of ether oxygens (including phenoxy) is 1. The van der Waals surface area contributed by atoms with Crippen LogP contribution in [0.25, 0.3) is 0 Å².